The molecule has 0 fully saturated rings. The fourth-order valence-electron chi connectivity index (χ4n) is 6.14. The van der Waals surface area contributed by atoms with Gasteiger partial charge in [-0.25, -0.2) is 4.98 Å². The minimum Gasteiger partial charge on any atom is -0.512 e. The van der Waals surface area contributed by atoms with Gasteiger partial charge in [0.1, 0.15) is 29.0 Å². The maximum absolute atomic E-state index is 12.2. The molecule has 6 rings (SSSR count). The van der Waals surface area contributed by atoms with Crippen molar-refractivity contribution in [2.24, 2.45) is 10.8 Å². The smallest absolute Gasteiger partial charge is 0.223 e. The number of carbonyl (C=O) groups is 1. The average Bonchev–Trinajstić information content (AvgIpc) is 3.63. The minimum atomic E-state index is -0.337. The Morgan fingerprint density at radius 2 is 1.49 bits per heavy atom. The summed E-state index contributed by atoms with van der Waals surface area (Å²) in [6.07, 6.45) is 6.32. The Hall–Kier alpha value is -3.80. The van der Waals surface area contributed by atoms with Gasteiger partial charge >= 0.3 is 0 Å². The zero-order chi connectivity index (χ0) is 35.0. The Morgan fingerprint density at radius 1 is 0.837 bits per heavy atom. The summed E-state index contributed by atoms with van der Waals surface area (Å²) in [5, 5.41) is 15.3. The first-order valence-electron chi connectivity index (χ1n) is 17.2. The van der Waals surface area contributed by atoms with Gasteiger partial charge in [0.2, 0.25) is 5.71 Å². The van der Waals surface area contributed by atoms with E-state index in [1.807, 2.05) is 72.7 Å². The Balaban J connectivity index is 0.000000260. The summed E-state index contributed by atoms with van der Waals surface area (Å²) in [6, 6.07) is 20.2. The molecule has 0 aliphatic carbocycles. The maximum atomic E-state index is 12.2. The van der Waals surface area contributed by atoms with Crippen LogP contribution in [0.5, 0.6) is 0 Å². The molecule has 3 aromatic heterocycles. The summed E-state index contributed by atoms with van der Waals surface area (Å²) in [5.74, 6) is 1.16. The second-order valence-corrected chi connectivity index (χ2v) is 14.6. The van der Waals surface area contributed by atoms with E-state index in [1.165, 1.54) is 17.0 Å². The summed E-state index contributed by atoms with van der Waals surface area (Å²) < 4.78 is 12.0. The van der Waals surface area contributed by atoms with E-state index in [4.69, 9.17) is 8.83 Å². The first kappa shape index (κ1) is 38.0. The number of nitrogens with zero attached hydrogens (tertiary/aromatic N) is 2. The first-order valence-corrected chi connectivity index (χ1v) is 17.2. The topological polar surface area (TPSA) is 89.4 Å². The fourth-order valence-corrected chi connectivity index (χ4v) is 6.14. The van der Waals surface area contributed by atoms with Crippen LogP contribution in [-0.4, -0.2) is 20.9 Å². The van der Waals surface area contributed by atoms with Gasteiger partial charge in [-0.1, -0.05) is 91.5 Å². The van der Waals surface area contributed by atoms with Crippen molar-refractivity contribution < 1.29 is 38.8 Å². The molecule has 3 aromatic carbocycles. The summed E-state index contributed by atoms with van der Waals surface area (Å²) >= 11 is 0. The van der Waals surface area contributed by atoms with Crippen LogP contribution in [0, 0.1) is 23.8 Å². The van der Waals surface area contributed by atoms with E-state index in [2.05, 4.69) is 61.1 Å². The zero-order valence-corrected chi connectivity index (χ0v) is 32.9. The molecule has 0 atom stereocenters. The monoisotopic (exact) mass is 838 g/mol. The number of rotatable bonds is 8. The number of carbonyl (C=O) groups excluding carboxylic acids is 1. The first-order chi connectivity index (χ1) is 22.7. The predicted octanol–water partition coefficient (Wildman–Crippen LogP) is 12.0. The number of furan rings is 2. The van der Waals surface area contributed by atoms with Gasteiger partial charge in [0.25, 0.3) is 0 Å². The second-order valence-electron chi connectivity index (χ2n) is 14.6. The number of hydrogen-bond donors (Lipinski definition) is 1. The van der Waals surface area contributed by atoms with Gasteiger partial charge in [0.05, 0.1) is 0 Å². The van der Waals surface area contributed by atoms with Gasteiger partial charge in [0, 0.05) is 58.9 Å². The molecule has 0 saturated heterocycles. The van der Waals surface area contributed by atoms with Gasteiger partial charge in [-0.05, 0) is 56.2 Å². The molecule has 1 radical (unpaired) electrons. The van der Waals surface area contributed by atoms with Crippen LogP contribution in [0.4, 0.5) is 0 Å². The van der Waals surface area contributed by atoms with Crippen molar-refractivity contribution in [1.29, 1.82) is 0 Å². The molecule has 7 heteroatoms. The van der Waals surface area contributed by atoms with Gasteiger partial charge in [-0.3, -0.25) is 9.78 Å². The third-order valence-corrected chi connectivity index (χ3v) is 10.5. The molecular weight excluding hydrogens is 789 g/mol. The Labute approximate surface area is 303 Å². The van der Waals surface area contributed by atoms with Gasteiger partial charge < -0.3 is 13.9 Å². The average molecular weight is 838 g/mol. The van der Waals surface area contributed by atoms with Crippen molar-refractivity contribution in [3.63, 3.8) is 0 Å². The molecule has 6 nitrogen and oxygen atoms in total. The Bertz CT molecular complexity index is 2140. The Kier molecular flexibility index (Phi) is 11.3. The largest absolute Gasteiger partial charge is 0.512 e. The molecule has 49 heavy (non-hydrogen) atoms. The van der Waals surface area contributed by atoms with Crippen LogP contribution in [0.2, 0.25) is 0 Å². The SMILES string of the molecule is CCC(C)(CC)C(=O)/C=C(\O)C(C)(CC)CC.Cc1cc2cc3oc4ncnc(-c5[c-]c6ccccc6c(C(C)(C)C)c5)c4c3cc2o1.[Ir]. The number of aromatic nitrogens is 2. The molecule has 0 aliphatic heterocycles. The van der Waals surface area contributed by atoms with E-state index in [0.29, 0.717) is 5.71 Å². The molecule has 0 saturated carbocycles. The number of aliphatic hydroxyl groups excluding tert-OH is 1. The van der Waals surface area contributed by atoms with Gasteiger partial charge in [-0.15, -0.1) is 29.1 Å². The molecule has 0 unspecified atom stereocenters. The number of hydrogen-bond acceptors (Lipinski definition) is 6. The number of fused-ring (bicyclic) bond motifs is 5. The Morgan fingerprint density at radius 3 is 2.12 bits per heavy atom. The van der Waals surface area contributed by atoms with Crippen molar-refractivity contribution >= 4 is 49.6 Å². The summed E-state index contributed by atoms with van der Waals surface area (Å²) in [4.78, 5) is 21.3. The van der Waals surface area contributed by atoms with Crippen molar-refractivity contribution in [3.8, 4) is 11.3 Å². The molecule has 0 spiro atoms. The van der Waals surface area contributed by atoms with E-state index < -0.39 is 0 Å². The van der Waals surface area contributed by atoms with Crippen LogP contribution in [0.1, 0.15) is 99.3 Å². The molecule has 261 valence electrons. The van der Waals surface area contributed by atoms with Crippen LogP contribution in [0.3, 0.4) is 0 Å². The van der Waals surface area contributed by atoms with Crippen LogP contribution in [-0.2, 0) is 30.3 Å². The number of ketones is 1. The third kappa shape index (κ3) is 7.39. The second kappa shape index (κ2) is 14.6. The van der Waals surface area contributed by atoms with Crippen LogP contribution >= 0.6 is 0 Å². The predicted molar refractivity (Wildman–Crippen MR) is 197 cm³/mol. The number of aryl methyl sites for hydroxylation is 1. The fraction of sp³-hybridized carbons (Fsp3) is 0.405. The van der Waals surface area contributed by atoms with E-state index >= 15 is 0 Å². The quantitative estimate of drug-likeness (QED) is 0.0933. The van der Waals surface area contributed by atoms with E-state index in [-0.39, 0.29) is 47.9 Å². The maximum Gasteiger partial charge on any atom is 0.223 e. The van der Waals surface area contributed by atoms with Crippen LogP contribution in [0.15, 0.2) is 75.5 Å². The molecule has 6 aromatic rings. The molecule has 1 N–H and O–H groups in total. The van der Waals surface area contributed by atoms with Gasteiger partial charge in [-0.2, -0.15) is 0 Å². The van der Waals surface area contributed by atoms with Crippen molar-refractivity contribution in [3.05, 3.63) is 84.1 Å². The van der Waals surface area contributed by atoms with Crippen LogP contribution < -0.4 is 0 Å². The number of aliphatic hydroxyl groups is 1. The summed E-state index contributed by atoms with van der Waals surface area (Å²) in [6.45, 7) is 20.7. The number of benzene rings is 3. The van der Waals surface area contributed by atoms with E-state index in [0.717, 1.165) is 75.4 Å². The van der Waals surface area contributed by atoms with Crippen molar-refractivity contribution in [2.75, 3.05) is 0 Å². The summed E-state index contributed by atoms with van der Waals surface area (Å²) in [7, 11) is 0. The summed E-state index contributed by atoms with van der Waals surface area (Å²) in [5.41, 5.74) is 4.59. The minimum absolute atomic E-state index is 0. The normalized spacial score (nSPS) is 12.7. The van der Waals surface area contributed by atoms with Gasteiger partial charge in [0.15, 0.2) is 5.78 Å². The number of allylic oxidation sites excluding steroid dienone is 2. The van der Waals surface area contributed by atoms with Crippen LogP contribution in [0.25, 0.3) is 55.1 Å². The van der Waals surface area contributed by atoms with Crippen molar-refractivity contribution in [2.45, 2.75) is 100 Å². The molecule has 0 bridgehead atoms. The van der Waals surface area contributed by atoms with E-state index in [9.17, 15) is 9.90 Å². The van der Waals surface area contributed by atoms with E-state index in [1.54, 1.807) is 6.33 Å². The molecule has 3 heterocycles. The third-order valence-electron chi connectivity index (χ3n) is 10.5. The molecule has 0 aliphatic rings. The standard InChI is InChI=1S/C27H21N2O2.C15H28O2.Ir/c1-15-9-17-12-23-20(13-22(17)30-15)24-25(28-14-29-26(24)31-23)18-10-16-7-5-6-8-19(16)21(11-18)27(2,3)4;1-7-14(5,8-2)12(16)11-13(17)15(6,9-3)10-4;/h5-9,11-14H,1-4H3;11,16H,7-10H2,1-6H3;/q-1;;/b;12-11-;. The van der Waals surface area contributed by atoms with Crippen molar-refractivity contribution in [1.82, 2.24) is 9.97 Å². The molecular formula is C42H49IrN2O4-. The molecule has 0 amide bonds. The zero-order valence-electron chi connectivity index (χ0n) is 30.5.